The van der Waals surface area contributed by atoms with Crippen molar-refractivity contribution in [1.29, 1.82) is 0 Å². The largest absolute Gasteiger partial charge is 0.455 e. The maximum atomic E-state index is 12.9. The molecule has 1 unspecified atom stereocenters. The third-order valence-electron chi connectivity index (χ3n) is 4.64. The summed E-state index contributed by atoms with van der Waals surface area (Å²) in [6.45, 7) is 0. The zero-order chi connectivity index (χ0) is 24.1. The highest BCUT2D eigenvalue weighted by Gasteiger charge is 2.32. The van der Waals surface area contributed by atoms with Crippen LogP contribution in [0, 0.1) is 0 Å². The van der Waals surface area contributed by atoms with Gasteiger partial charge < -0.3 is 15.1 Å². The normalized spacial score (nSPS) is 17.3. The Bertz CT molecular complexity index is 1260. The molecule has 1 fully saturated rings. The number of amidine groups is 1. The van der Waals surface area contributed by atoms with Crippen LogP contribution in [0.1, 0.15) is 17.7 Å². The Labute approximate surface area is 196 Å². The summed E-state index contributed by atoms with van der Waals surface area (Å²) in [4.78, 5) is 24.3. The number of carbonyl (C=O) groups is 2. The fourth-order valence-electron chi connectivity index (χ4n) is 3.05. The van der Waals surface area contributed by atoms with E-state index < -0.39 is 17.0 Å². The van der Waals surface area contributed by atoms with E-state index >= 15 is 0 Å². The Morgan fingerprint density at radius 2 is 1.91 bits per heavy atom. The van der Waals surface area contributed by atoms with Gasteiger partial charge in [-0.1, -0.05) is 42.1 Å². The molecule has 2 N–H and O–H groups in total. The summed E-state index contributed by atoms with van der Waals surface area (Å²) < 4.78 is 44.2. The molecule has 1 saturated heterocycles. The number of halogens is 3. The van der Waals surface area contributed by atoms with Gasteiger partial charge in [-0.2, -0.15) is 18.3 Å². The molecular formula is C23H17F3N4O3S. The number of alkyl halides is 3. The number of anilines is 1. The lowest BCUT2D eigenvalue weighted by Gasteiger charge is -2.07. The summed E-state index contributed by atoms with van der Waals surface area (Å²) in [7, 11) is 0. The first kappa shape index (κ1) is 23.3. The van der Waals surface area contributed by atoms with Crippen LogP contribution in [-0.2, 0) is 15.8 Å². The molecule has 3 aromatic rings. The van der Waals surface area contributed by atoms with Crippen LogP contribution in [0.4, 0.5) is 18.9 Å². The van der Waals surface area contributed by atoms with Crippen LogP contribution >= 0.6 is 11.8 Å². The molecule has 0 spiro atoms. The molecule has 1 aromatic heterocycles. The number of amides is 2. The van der Waals surface area contributed by atoms with E-state index in [2.05, 4.69) is 20.8 Å². The van der Waals surface area contributed by atoms with Gasteiger partial charge in [-0.05, 0) is 36.4 Å². The number of hydrogen-bond acceptors (Lipinski definition) is 6. The first-order valence-corrected chi connectivity index (χ1v) is 10.9. The average Bonchev–Trinajstić information content (AvgIpc) is 3.41. The number of rotatable bonds is 6. The number of furan rings is 1. The van der Waals surface area contributed by atoms with Crippen LogP contribution in [0.3, 0.4) is 0 Å². The van der Waals surface area contributed by atoms with Crippen molar-refractivity contribution in [2.75, 3.05) is 5.32 Å². The van der Waals surface area contributed by atoms with Crippen LogP contribution < -0.4 is 10.6 Å². The minimum absolute atomic E-state index is 0.0351. The second-order valence-electron chi connectivity index (χ2n) is 7.14. The number of benzene rings is 2. The highest BCUT2D eigenvalue weighted by molar-refractivity contribution is 8.15. The Hall–Kier alpha value is -3.86. The Morgan fingerprint density at radius 1 is 1.12 bits per heavy atom. The predicted molar refractivity (Wildman–Crippen MR) is 123 cm³/mol. The number of hydrogen-bond donors (Lipinski definition) is 2. The molecule has 2 aromatic carbocycles. The van der Waals surface area contributed by atoms with E-state index in [9.17, 15) is 22.8 Å². The second kappa shape index (κ2) is 9.96. The van der Waals surface area contributed by atoms with Crippen molar-refractivity contribution in [3.8, 4) is 11.3 Å². The molecule has 1 aliphatic heterocycles. The molecule has 0 saturated carbocycles. The van der Waals surface area contributed by atoms with Crippen LogP contribution in [0.15, 0.2) is 81.4 Å². The first-order chi connectivity index (χ1) is 16.3. The minimum Gasteiger partial charge on any atom is -0.455 e. The molecule has 2 heterocycles. The highest BCUT2D eigenvalue weighted by Crippen LogP contribution is 2.32. The molecule has 0 bridgehead atoms. The van der Waals surface area contributed by atoms with Gasteiger partial charge >= 0.3 is 6.18 Å². The molecule has 174 valence electrons. The van der Waals surface area contributed by atoms with Crippen LogP contribution in [-0.4, -0.2) is 28.4 Å². The van der Waals surface area contributed by atoms with Crippen molar-refractivity contribution >= 4 is 40.6 Å². The monoisotopic (exact) mass is 486 g/mol. The van der Waals surface area contributed by atoms with Gasteiger partial charge in [-0.25, -0.2) is 0 Å². The van der Waals surface area contributed by atoms with Gasteiger partial charge in [-0.15, -0.1) is 5.10 Å². The van der Waals surface area contributed by atoms with Gasteiger partial charge in [0.25, 0.3) is 0 Å². The Morgan fingerprint density at radius 3 is 2.68 bits per heavy atom. The molecule has 7 nitrogen and oxygen atoms in total. The molecule has 34 heavy (non-hydrogen) atoms. The van der Waals surface area contributed by atoms with Crippen LogP contribution in [0.5, 0.6) is 0 Å². The van der Waals surface area contributed by atoms with Gasteiger partial charge in [-0.3, -0.25) is 9.59 Å². The second-order valence-corrected chi connectivity index (χ2v) is 8.34. The first-order valence-electron chi connectivity index (χ1n) is 9.99. The lowest BCUT2D eigenvalue weighted by molar-refractivity contribution is -0.137. The van der Waals surface area contributed by atoms with E-state index in [1.807, 2.05) is 6.07 Å². The smallest absolute Gasteiger partial charge is 0.416 e. The van der Waals surface area contributed by atoms with Crippen molar-refractivity contribution in [2.45, 2.75) is 17.8 Å². The maximum absolute atomic E-state index is 12.9. The molecule has 1 aliphatic rings. The van der Waals surface area contributed by atoms with Crippen molar-refractivity contribution < 1.29 is 27.2 Å². The average molecular weight is 486 g/mol. The number of carbonyl (C=O) groups excluding carboxylic acids is 2. The number of nitrogens with one attached hydrogen (secondary N) is 2. The van der Waals surface area contributed by atoms with Gasteiger partial charge in [0.15, 0.2) is 5.17 Å². The van der Waals surface area contributed by atoms with Crippen LogP contribution in [0.25, 0.3) is 11.3 Å². The Kier molecular flexibility index (Phi) is 6.82. The molecule has 0 radical (unpaired) electrons. The van der Waals surface area contributed by atoms with Gasteiger partial charge in [0, 0.05) is 17.7 Å². The lowest BCUT2D eigenvalue weighted by atomic mass is 10.1. The lowest BCUT2D eigenvalue weighted by Crippen LogP contribution is -2.28. The van der Waals surface area contributed by atoms with Gasteiger partial charge in [0.1, 0.15) is 16.8 Å². The third-order valence-corrected chi connectivity index (χ3v) is 5.71. The molecule has 0 aliphatic carbocycles. The topological polar surface area (TPSA) is 96.1 Å². The number of nitrogens with zero attached hydrogens (tertiary/aromatic N) is 2. The summed E-state index contributed by atoms with van der Waals surface area (Å²) in [6, 6.07) is 16.7. The van der Waals surface area contributed by atoms with E-state index in [0.717, 1.165) is 23.9 Å². The van der Waals surface area contributed by atoms with Crippen molar-refractivity contribution in [3.05, 3.63) is 78.1 Å². The Balaban J connectivity index is 1.35. The predicted octanol–water partition coefficient (Wildman–Crippen LogP) is 4.92. The highest BCUT2D eigenvalue weighted by atomic mass is 32.2. The number of para-hydroxylation sites is 1. The summed E-state index contributed by atoms with van der Waals surface area (Å²) in [6.07, 6.45) is -3.22. The SMILES string of the molecule is O=C(CC1S/C(=N\N=C\c2ccc(-c3cccc(C(F)(F)F)c3)o2)NC1=O)Nc1ccccc1. The third kappa shape index (κ3) is 5.93. The van der Waals surface area contributed by atoms with E-state index in [1.165, 1.54) is 30.5 Å². The zero-order valence-electron chi connectivity index (χ0n) is 17.4. The molecule has 4 rings (SSSR count). The summed E-state index contributed by atoms with van der Waals surface area (Å²) in [5.74, 6) is -0.147. The zero-order valence-corrected chi connectivity index (χ0v) is 18.2. The van der Waals surface area contributed by atoms with E-state index in [1.54, 1.807) is 24.3 Å². The fraction of sp³-hybridized carbons (Fsp3) is 0.130. The van der Waals surface area contributed by atoms with Crippen molar-refractivity contribution in [3.63, 3.8) is 0 Å². The maximum Gasteiger partial charge on any atom is 0.416 e. The van der Waals surface area contributed by atoms with Gasteiger partial charge in [0.2, 0.25) is 11.8 Å². The molecule has 2 amide bonds. The molecule has 1 atom stereocenters. The van der Waals surface area contributed by atoms with E-state index in [4.69, 9.17) is 4.42 Å². The van der Waals surface area contributed by atoms with Crippen molar-refractivity contribution in [1.82, 2.24) is 5.32 Å². The summed E-state index contributed by atoms with van der Waals surface area (Å²) >= 11 is 1.08. The minimum atomic E-state index is -4.45. The summed E-state index contributed by atoms with van der Waals surface area (Å²) in [5.41, 5.74) is 0.136. The van der Waals surface area contributed by atoms with Crippen LogP contribution in [0.2, 0.25) is 0 Å². The molecular weight excluding hydrogens is 469 g/mol. The number of thioether (sulfide) groups is 1. The standard InChI is InChI=1S/C23H17F3N4O3S/c24-23(25,26)15-6-4-5-14(11-15)18-10-9-17(33-18)13-27-30-22-29-21(32)19(34-22)12-20(31)28-16-7-2-1-3-8-16/h1-11,13,19H,12H2,(H,28,31)(H,29,30,32)/b27-13+. The van der Waals surface area contributed by atoms with E-state index in [-0.39, 0.29) is 40.5 Å². The summed E-state index contributed by atoms with van der Waals surface area (Å²) in [5, 5.41) is 12.6. The molecule has 11 heteroatoms. The van der Waals surface area contributed by atoms with Crippen molar-refractivity contribution in [2.24, 2.45) is 10.2 Å². The quantitative estimate of drug-likeness (QED) is 0.382. The fourth-order valence-corrected chi connectivity index (χ4v) is 3.98. The van der Waals surface area contributed by atoms with E-state index in [0.29, 0.717) is 5.69 Å². The van der Waals surface area contributed by atoms with Gasteiger partial charge in [0.05, 0.1) is 11.8 Å².